The van der Waals surface area contributed by atoms with Crippen LogP contribution < -0.4 is 5.32 Å². The molecule has 0 aliphatic carbocycles. The van der Waals surface area contributed by atoms with E-state index in [2.05, 4.69) is 12.2 Å². The standard InChI is InChI=1S/C12H21NO3/c1-2-3-6-15-12(14)8-13-10-7-9-4-5-11(10)16-9/h9-11,13H,2-8H2,1H3. The maximum absolute atomic E-state index is 11.4. The average Bonchev–Trinajstić information content (AvgIpc) is 2.88. The van der Waals surface area contributed by atoms with Crippen LogP contribution in [-0.4, -0.2) is 37.4 Å². The van der Waals surface area contributed by atoms with Gasteiger partial charge in [-0.05, 0) is 25.7 Å². The molecule has 0 radical (unpaired) electrons. The van der Waals surface area contributed by atoms with E-state index in [1.165, 1.54) is 6.42 Å². The van der Waals surface area contributed by atoms with Crippen molar-refractivity contribution in [2.45, 2.75) is 57.3 Å². The van der Waals surface area contributed by atoms with Gasteiger partial charge in [-0.2, -0.15) is 0 Å². The number of ether oxygens (including phenoxy) is 2. The summed E-state index contributed by atoms with van der Waals surface area (Å²) < 4.78 is 10.8. The van der Waals surface area contributed by atoms with E-state index >= 15 is 0 Å². The summed E-state index contributed by atoms with van der Waals surface area (Å²) in [5.41, 5.74) is 0. The summed E-state index contributed by atoms with van der Waals surface area (Å²) in [6.07, 6.45) is 6.13. The molecule has 3 unspecified atom stereocenters. The van der Waals surface area contributed by atoms with Gasteiger partial charge in [-0.1, -0.05) is 13.3 Å². The highest BCUT2D eigenvalue weighted by molar-refractivity contribution is 5.71. The monoisotopic (exact) mass is 227 g/mol. The first-order valence-electron chi connectivity index (χ1n) is 6.34. The summed E-state index contributed by atoms with van der Waals surface area (Å²) in [6, 6.07) is 0.359. The zero-order valence-corrected chi connectivity index (χ0v) is 9.91. The van der Waals surface area contributed by atoms with Crippen LogP contribution >= 0.6 is 0 Å². The van der Waals surface area contributed by atoms with Crippen LogP contribution in [-0.2, 0) is 14.3 Å². The lowest BCUT2D eigenvalue weighted by atomic mass is 9.95. The van der Waals surface area contributed by atoms with Crippen molar-refractivity contribution in [1.82, 2.24) is 5.32 Å². The van der Waals surface area contributed by atoms with Crippen molar-refractivity contribution in [2.75, 3.05) is 13.2 Å². The van der Waals surface area contributed by atoms with Gasteiger partial charge in [0.15, 0.2) is 0 Å². The molecule has 3 atom stereocenters. The average molecular weight is 227 g/mol. The minimum Gasteiger partial charge on any atom is -0.465 e. The molecule has 2 saturated heterocycles. The number of fused-ring (bicyclic) bond motifs is 2. The van der Waals surface area contributed by atoms with Crippen molar-refractivity contribution < 1.29 is 14.3 Å². The summed E-state index contributed by atoms with van der Waals surface area (Å²) >= 11 is 0. The lowest BCUT2D eigenvalue weighted by Crippen LogP contribution is -2.40. The van der Waals surface area contributed by atoms with Crippen molar-refractivity contribution >= 4 is 5.97 Å². The van der Waals surface area contributed by atoms with Gasteiger partial charge in [-0.25, -0.2) is 0 Å². The third-order valence-corrected chi connectivity index (χ3v) is 3.38. The molecule has 2 bridgehead atoms. The second-order valence-corrected chi connectivity index (χ2v) is 4.67. The molecule has 4 nitrogen and oxygen atoms in total. The smallest absolute Gasteiger partial charge is 0.319 e. The fraction of sp³-hybridized carbons (Fsp3) is 0.917. The summed E-state index contributed by atoms with van der Waals surface area (Å²) in [7, 11) is 0. The minimum atomic E-state index is -0.142. The quantitative estimate of drug-likeness (QED) is 0.548. The van der Waals surface area contributed by atoms with E-state index in [1.54, 1.807) is 0 Å². The molecular weight excluding hydrogens is 206 g/mol. The van der Waals surface area contributed by atoms with Gasteiger partial charge in [0.25, 0.3) is 0 Å². The van der Waals surface area contributed by atoms with Gasteiger partial charge in [-0.15, -0.1) is 0 Å². The van der Waals surface area contributed by atoms with E-state index in [0.29, 0.717) is 31.4 Å². The Labute approximate surface area is 96.7 Å². The van der Waals surface area contributed by atoms with Gasteiger partial charge in [0.05, 0.1) is 25.4 Å². The van der Waals surface area contributed by atoms with Gasteiger partial charge in [0.2, 0.25) is 0 Å². The van der Waals surface area contributed by atoms with Crippen LogP contribution in [0.1, 0.15) is 39.0 Å². The first-order valence-corrected chi connectivity index (χ1v) is 6.34. The zero-order chi connectivity index (χ0) is 11.4. The Morgan fingerprint density at radius 2 is 2.38 bits per heavy atom. The van der Waals surface area contributed by atoms with E-state index in [9.17, 15) is 4.79 Å². The molecule has 0 saturated carbocycles. The van der Waals surface area contributed by atoms with Crippen molar-refractivity contribution in [3.63, 3.8) is 0 Å². The molecule has 0 aromatic heterocycles. The van der Waals surface area contributed by atoms with Crippen LogP contribution in [0.5, 0.6) is 0 Å². The number of carbonyl (C=O) groups excluding carboxylic acids is 1. The molecule has 4 heteroatoms. The van der Waals surface area contributed by atoms with Crippen LogP contribution in [0.15, 0.2) is 0 Å². The molecule has 2 heterocycles. The Hall–Kier alpha value is -0.610. The third kappa shape index (κ3) is 2.95. The fourth-order valence-electron chi connectivity index (χ4n) is 2.45. The molecule has 2 aliphatic heterocycles. The Bertz CT molecular complexity index is 244. The minimum absolute atomic E-state index is 0.142. The number of rotatable bonds is 6. The van der Waals surface area contributed by atoms with Crippen molar-refractivity contribution in [3.8, 4) is 0 Å². The summed E-state index contributed by atoms with van der Waals surface area (Å²) in [5, 5.41) is 3.24. The normalized spacial score (nSPS) is 31.9. The number of nitrogens with one attached hydrogen (secondary N) is 1. The van der Waals surface area contributed by atoms with Crippen LogP contribution in [0.4, 0.5) is 0 Å². The van der Waals surface area contributed by atoms with Gasteiger partial charge in [-0.3, -0.25) is 4.79 Å². The van der Waals surface area contributed by atoms with E-state index in [1.807, 2.05) is 0 Å². The predicted molar refractivity (Wildman–Crippen MR) is 60.2 cm³/mol. The SMILES string of the molecule is CCCCOC(=O)CNC1CC2CCC1O2. The van der Waals surface area contributed by atoms with Crippen molar-refractivity contribution in [2.24, 2.45) is 0 Å². The Morgan fingerprint density at radius 1 is 1.50 bits per heavy atom. The number of unbranched alkanes of at least 4 members (excludes halogenated alkanes) is 1. The summed E-state index contributed by atoms with van der Waals surface area (Å²) in [4.78, 5) is 11.4. The predicted octanol–water partition coefficient (Wildman–Crippen LogP) is 1.24. The van der Waals surface area contributed by atoms with E-state index in [-0.39, 0.29) is 5.97 Å². The number of carbonyl (C=O) groups is 1. The highest BCUT2D eigenvalue weighted by Crippen LogP contribution is 2.34. The van der Waals surface area contributed by atoms with Gasteiger partial charge >= 0.3 is 5.97 Å². The van der Waals surface area contributed by atoms with Gasteiger partial charge in [0.1, 0.15) is 0 Å². The number of hydrogen-bond donors (Lipinski definition) is 1. The van der Waals surface area contributed by atoms with Crippen LogP contribution in [0, 0.1) is 0 Å². The van der Waals surface area contributed by atoms with Crippen molar-refractivity contribution in [1.29, 1.82) is 0 Å². The fourth-order valence-corrected chi connectivity index (χ4v) is 2.45. The summed E-state index contributed by atoms with van der Waals surface area (Å²) in [6.45, 7) is 2.95. The van der Waals surface area contributed by atoms with Crippen molar-refractivity contribution in [3.05, 3.63) is 0 Å². The first kappa shape index (κ1) is 11.9. The molecule has 1 N–H and O–H groups in total. The molecule has 0 amide bonds. The maximum Gasteiger partial charge on any atom is 0.319 e. The van der Waals surface area contributed by atoms with E-state index in [0.717, 1.165) is 25.7 Å². The Kier molecular flexibility index (Phi) is 4.18. The molecule has 92 valence electrons. The highest BCUT2D eigenvalue weighted by atomic mass is 16.5. The summed E-state index contributed by atoms with van der Waals surface area (Å²) in [5.74, 6) is -0.142. The lowest BCUT2D eigenvalue weighted by Gasteiger charge is -2.19. The molecule has 0 aromatic rings. The second kappa shape index (κ2) is 5.64. The molecule has 0 aromatic carbocycles. The topological polar surface area (TPSA) is 47.6 Å². The van der Waals surface area contributed by atoms with E-state index < -0.39 is 0 Å². The van der Waals surface area contributed by atoms with Gasteiger partial charge in [0, 0.05) is 6.04 Å². The van der Waals surface area contributed by atoms with Crippen LogP contribution in [0.2, 0.25) is 0 Å². The molecule has 2 aliphatic rings. The Balaban J connectivity index is 1.59. The first-order chi connectivity index (χ1) is 7.79. The molecule has 16 heavy (non-hydrogen) atoms. The molecule has 2 rings (SSSR count). The highest BCUT2D eigenvalue weighted by Gasteiger charge is 2.40. The number of hydrogen-bond acceptors (Lipinski definition) is 4. The molecular formula is C12H21NO3. The number of esters is 1. The largest absolute Gasteiger partial charge is 0.465 e. The zero-order valence-electron chi connectivity index (χ0n) is 9.91. The molecule has 0 spiro atoms. The third-order valence-electron chi connectivity index (χ3n) is 3.38. The Morgan fingerprint density at radius 3 is 3.00 bits per heavy atom. The van der Waals surface area contributed by atoms with E-state index in [4.69, 9.17) is 9.47 Å². The second-order valence-electron chi connectivity index (χ2n) is 4.67. The van der Waals surface area contributed by atoms with Crippen LogP contribution in [0.25, 0.3) is 0 Å². The lowest BCUT2D eigenvalue weighted by molar-refractivity contribution is -0.142. The molecule has 2 fully saturated rings. The van der Waals surface area contributed by atoms with Gasteiger partial charge < -0.3 is 14.8 Å². The maximum atomic E-state index is 11.4. The van der Waals surface area contributed by atoms with Crippen LogP contribution in [0.3, 0.4) is 0 Å².